The van der Waals surface area contributed by atoms with Crippen molar-refractivity contribution in [2.45, 2.75) is 31.1 Å². The first-order valence-electron chi connectivity index (χ1n) is 6.09. The molecular formula is C13H16ClF3N2O. The van der Waals surface area contributed by atoms with Crippen LogP contribution in [0.15, 0.2) is 30.3 Å². The zero-order valence-corrected chi connectivity index (χ0v) is 11.5. The third-order valence-corrected chi connectivity index (χ3v) is 3.32. The van der Waals surface area contributed by atoms with Crippen LogP contribution in [0.25, 0.3) is 0 Å². The molecule has 0 aliphatic carbocycles. The van der Waals surface area contributed by atoms with E-state index in [0.29, 0.717) is 18.4 Å². The minimum atomic E-state index is -4.86. The smallest absolute Gasteiger partial charge is 0.326 e. The van der Waals surface area contributed by atoms with Crippen molar-refractivity contribution in [3.8, 4) is 0 Å². The summed E-state index contributed by atoms with van der Waals surface area (Å²) < 4.78 is 37.9. The van der Waals surface area contributed by atoms with Crippen LogP contribution in [0.3, 0.4) is 0 Å². The molecule has 2 N–H and O–H groups in total. The van der Waals surface area contributed by atoms with E-state index < -0.39 is 24.2 Å². The number of nitrogens with two attached hydrogens (primary N) is 1. The molecule has 1 saturated heterocycles. The van der Waals surface area contributed by atoms with Crippen LogP contribution in [-0.4, -0.2) is 29.6 Å². The number of hydrogen-bond donors (Lipinski definition) is 1. The van der Waals surface area contributed by atoms with Crippen LogP contribution in [0, 0.1) is 0 Å². The minimum Gasteiger partial charge on any atom is -0.326 e. The maximum absolute atomic E-state index is 12.6. The lowest BCUT2D eigenvalue weighted by atomic mass is 9.91. The molecule has 0 bridgehead atoms. The summed E-state index contributed by atoms with van der Waals surface area (Å²) in [5, 5.41) is 0. The Morgan fingerprint density at radius 1 is 1.25 bits per heavy atom. The van der Waals surface area contributed by atoms with E-state index in [0.717, 1.165) is 4.90 Å². The Labute approximate surface area is 121 Å². The Hall–Kier alpha value is -1.27. The number of likely N-dealkylation sites (tertiary alicyclic amines) is 1. The van der Waals surface area contributed by atoms with Crippen molar-refractivity contribution in [3.63, 3.8) is 0 Å². The number of alkyl halides is 3. The highest BCUT2D eigenvalue weighted by Gasteiger charge is 2.46. The third kappa shape index (κ3) is 3.43. The Kier molecular flexibility index (Phi) is 5.42. The average Bonchev–Trinajstić information content (AvgIpc) is 2.37. The van der Waals surface area contributed by atoms with Crippen molar-refractivity contribution in [3.05, 3.63) is 35.9 Å². The van der Waals surface area contributed by atoms with Crippen LogP contribution in [-0.2, 0) is 4.79 Å². The summed E-state index contributed by atoms with van der Waals surface area (Å²) in [6.07, 6.45) is -3.75. The predicted molar refractivity (Wildman–Crippen MR) is 71.4 cm³/mol. The van der Waals surface area contributed by atoms with Gasteiger partial charge in [0.25, 0.3) is 0 Å². The second kappa shape index (κ2) is 6.45. The number of amides is 1. The summed E-state index contributed by atoms with van der Waals surface area (Å²) >= 11 is 0. The lowest BCUT2D eigenvalue weighted by Gasteiger charge is -2.40. The molecule has 0 spiro atoms. The van der Waals surface area contributed by atoms with Gasteiger partial charge in [-0.2, -0.15) is 13.2 Å². The number of nitrogens with zero attached hydrogens (tertiary/aromatic N) is 1. The Morgan fingerprint density at radius 2 is 1.85 bits per heavy atom. The van der Waals surface area contributed by atoms with Gasteiger partial charge < -0.3 is 10.6 Å². The summed E-state index contributed by atoms with van der Waals surface area (Å²) in [6.45, 7) is 0.0889. The summed E-state index contributed by atoms with van der Waals surface area (Å²) in [5.41, 5.74) is 6.57. The highest BCUT2D eigenvalue weighted by Crippen LogP contribution is 2.33. The molecule has 0 aromatic heterocycles. The highest BCUT2D eigenvalue weighted by molar-refractivity contribution is 5.85. The Bertz CT molecular complexity index is 453. The van der Waals surface area contributed by atoms with Gasteiger partial charge >= 0.3 is 12.1 Å². The van der Waals surface area contributed by atoms with Crippen LogP contribution in [0.1, 0.15) is 24.4 Å². The first-order valence-corrected chi connectivity index (χ1v) is 6.09. The molecule has 1 aromatic rings. The van der Waals surface area contributed by atoms with Crippen molar-refractivity contribution >= 4 is 18.3 Å². The van der Waals surface area contributed by atoms with Crippen molar-refractivity contribution < 1.29 is 18.0 Å². The summed E-state index contributed by atoms with van der Waals surface area (Å²) in [7, 11) is 0. The Balaban J connectivity index is 0.00000200. The molecule has 1 heterocycles. The van der Waals surface area contributed by atoms with Gasteiger partial charge in [0.05, 0.1) is 6.04 Å². The predicted octanol–water partition coefficient (Wildman–Crippen LogP) is 2.66. The van der Waals surface area contributed by atoms with E-state index in [9.17, 15) is 18.0 Å². The number of carbonyl (C=O) groups excluding carboxylic acids is 1. The fraction of sp³-hybridized carbons (Fsp3) is 0.462. The van der Waals surface area contributed by atoms with Crippen LogP contribution in [0.5, 0.6) is 0 Å². The lowest BCUT2D eigenvalue weighted by molar-refractivity contribution is -0.189. The SMILES string of the molecule is Cl.N[C@H]1CCCN(C(=O)C(F)(F)F)[C@H]1c1ccccc1. The number of benzene rings is 1. The van der Waals surface area contributed by atoms with Gasteiger partial charge in [-0.15, -0.1) is 12.4 Å². The first-order chi connectivity index (χ1) is 8.91. The van der Waals surface area contributed by atoms with E-state index >= 15 is 0 Å². The molecular weight excluding hydrogens is 293 g/mol. The van der Waals surface area contributed by atoms with E-state index in [1.807, 2.05) is 0 Å². The molecule has 2 atom stereocenters. The summed E-state index contributed by atoms with van der Waals surface area (Å²) in [6, 6.07) is 7.46. The molecule has 112 valence electrons. The quantitative estimate of drug-likeness (QED) is 0.867. The maximum atomic E-state index is 12.6. The number of rotatable bonds is 1. The van der Waals surface area contributed by atoms with Gasteiger partial charge in [0.15, 0.2) is 0 Å². The molecule has 7 heteroatoms. The van der Waals surface area contributed by atoms with Gasteiger partial charge in [-0.3, -0.25) is 4.79 Å². The van der Waals surface area contributed by atoms with Crippen molar-refractivity contribution in [2.24, 2.45) is 5.73 Å². The van der Waals surface area contributed by atoms with Crippen molar-refractivity contribution in [2.75, 3.05) is 6.54 Å². The molecule has 1 aromatic carbocycles. The molecule has 0 unspecified atom stereocenters. The zero-order valence-electron chi connectivity index (χ0n) is 10.6. The number of halogens is 4. The van der Waals surface area contributed by atoms with E-state index in [1.54, 1.807) is 30.3 Å². The topological polar surface area (TPSA) is 46.3 Å². The molecule has 1 amide bonds. The van der Waals surface area contributed by atoms with Crippen LogP contribution in [0.2, 0.25) is 0 Å². The standard InChI is InChI=1S/C13H15F3N2O.ClH/c14-13(15,16)12(19)18-8-4-7-10(17)11(18)9-5-2-1-3-6-9;/h1-3,5-6,10-11H,4,7-8,17H2;1H/t10-,11-;/m0./s1. The largest absolute Gasteiger partial charge is 0.471 e. The molecule has 1 fully saturated rings. The van der Waals surface area contributed by atoms with E-state index in [1.165, 1.54) is 0 Å². The third-order valence-electron chi connectivity index (χ3n) is 3.32. The maximum Gasteiger partial charge on any atom is 0.471 e. The van der Waals surface area contributed by atoms with Gasteiger partial charge in [-0.1, -0.05) is 30.3 Å². The molecule has 2 rings (SSSR count). The monoisotopic (exact) mass is 308 g/mol. The van der Waals surface area contributed by atoms with Crippen LogP contribution >= 0.6 is 12.4 Å². The van der Waals surface area contributed by atoms with Crippen LogP contribution < -0.4 is 5.73 Å². The van der Waals surface area contributed by atoms with Gasteiger partial charge in [-0.05, 0) is 18.4 Å². The minimum absolute atomic E-state index is 0. The van der Waals surface area contributed by atoms with E-state index in [4.69, 9.17) is 5.73 Å². The normalized spacial score (nSPS) is 23.1. The fourth-order valence-electron chi connectivity index (χ4n) is 2.49. The second-order valence-corrected chi connectivity index (χ2v) is 4.66. The molecule has 1 aliphatic heterocycles. The van der Waals surface area contributed by atoms with E-state index in [-0.39, 0.29) is 19.0 Å². The lowest BCUT2D eigenvalue weighted by Crippen LogP contribution is -2.52. The first kappa shape index (κ1) is 16.8. The number of carbonyl (C=O) groups is 1. The molecule has 1 aliphatic rings. The fourth-order valence-corrected chi connectivity index (χ4v) is 2.49. The van der Waals surface area contributed by atoms with Gasteiger partial charge in [0.1, 0.15) is 0 Å². The molecule has 0 saturated carbocycles. The van der Waals surface area contributed by atoms with Gasteiger partial charge in [-0.25, -0.2) is 0 Å². The van der Waals surface area contributed by atoms with Crippen molar-refractivity contribution in [1.29, 1.82) is 0 Å². The number of hydrogen-bond acceptors (Lipinski definition) is 2. The molecule has 3 nitrogen and oxygen atoms in total. The number of piperidine rings is 1. The molecule has 20 heavy (non-hydrogen) atoms. The second-order valence-electron chi connectivity index (χ2n) is 4.66. The zero-order chi connectivity index (χ0) is 14.0. The highest BCUT2D eigenvalue weighted by atomic mass is 35.5. The van der Waals surface area contributed by atoms with Crippen LogP contribution in [0.4, 0.5) is 13.2 Å². The summed E-state index contributed by atoms with van der Waals surface area (Å²) in [5.74, 6) is -1.81. The van der Waals surface area contributed by atoms with E-state index in [2.05, 4.69) is 0 Å². The average molecular weight is 309 g/mol. The Morgan fingerprint density at radius 3 is 2.40 bits per heavy atom. The van der Waals surface area contributed by atoms with Crippen molar-refractivity contribution in [1.82, 2.24) is 4.90 Å². The molecule has 0 radical (unpaired) electrons. The van der Waals surface area contributed by atoms with Gasteiger partial charge in [0, 0.05) is 12.6 Å². The van der Waals surface area contributed by atoms with Gasteiger partial charge in [0.2, 0.25) is 0 Å². The summed E-state index contributed by atoms with van der Waals surface area (Å²) in [4.78, 5) is 12.3.